The van der Waals surface area contributed by atoms with Gasteiger partial charge in [-0.1, -0.05) is 35.0 Å². The molecule has 2 aromatic rings. The zero-order valence-electron chi connectivity index (χ0n) is 10.9. The zero-order chi connectivity index (χ0) is 12.8. The van der Waals surface area contributed by atoms with Crippen molar-refractivity contribution in [3.8, 4) is 0 Å². The number of hydrogen-bond donors (Lipinski definition) is 0. The average Bonchev–Trinajstić information content (AvgIpc) is 2.70. The fourth-order valence-electron chi connectivity index (χ4n) is 3.03. The topological polar surface area (TPSA) is 12.9 Å². The van der Waals surface area contributed by atoms with Crippen LogP contribution in [0, 0.1) is 6.92 Å². The highest BCUT2D eigenvalue weighted by molar-refractivity contribution is 9.09. The van der Waals surface area contributed by atoms with Crippen LogP contribution < -0.4 is 0 Å². The molecule has 0 saturated heterocycles. The van der Waals surface area contributed by atoms with Crippen LogP contribution in [-0.2, 0) is 5.41 Å². The second-order valence-corrected chi connectivity index (χ2v) is 7.06. The van der Waals surface area contributed by atoms with E-state index in [2.05, 4.69) is 58.2 Å². The monoisotopic (exact) mass is 303 g/mol. The fourth-order valence-corrected chi connectivity index (χ4v) is 3.98. The maximum absolute atomic E-state index is 4.57. The number of benzene rings is 1. The van der Waals surface area contributed by atoms with E-state index in [4.69, 9.17) is 0 Å². The molecule has 1 aliphatic rings. The van der Waals surface area contributed by atoms with E-state index in [0.717, 1.165) is 11.2 Å². The summed E-state index contributed by atoms with van der Waals surface area (Å²) in [7, 11) is 0. The van der Waals surface area contributed by atoms with Crippen LogP contribution >= 0.6 is 15.9 Å². The van der Waals surface area contributed by atoms with E-state index in [1.165, 1.54) is 30.2 Å². The van der Waals surface area contributed by atoms with Gasteiger partial charge in [0.05, 0.1) is 5.52 Å². The van der Waals surface area contributed by atoms with Crippen molar-refractivity contribution in [2.75, 3.05) is 0 Å². The molecule has 0 aliphatic heterocycles. The minimum atomic E-state index is 0.327. The van der Waals surface area contributed by atoms with E-state index in [1.54, 1.807) is 0 Å². The van der Waals surface area contributed by atoms with Crippen molar-refractivity contribution in [1.82, 2.24) is 4.98 Å². The van der Waals surface area contributed by atoms with Gasteiger partial charge in [0.1, 0.15) is 0 Å². The quantitative estimate of drug-likeness (QED) is 0.693. The first-order valence-corrected chi connectivity index (χ1v) is 7.50. The molecule has 1 saturated carbocycles. The highest BCUT2D eigenvalue weighted by Crippen LogP contribution is 2.43. The Morgan fingerprint density at radius 3 is 2.83 bits per heavy atom. The van der Waals surface area contributed by atoms with Crippen LogP contribution in [0.3, 0.4) is 0 Å². The number of alkyl halides is 1. The van der Waals surface area contributed by atoms with Crippen molar-refractivity contribution in [3.63, 3.8) is 0 Å². The largest absolute Gasteiger partial charge is 0.253 e. The molecule has 1 aromatic heterocycles. The van der Waals surface area contributed by atoms with Gasteiger partial charge in [-0.3, -0.25) is 4.98 Å². The smallest absolute Gasteiger partial charge is 0.0705 e. The predicted molar refractivity (Wildman–Crippen MR) is 80.4 cm³/mol. The number of nitrogens with zero attached hydrogens (tertiary/aromatic N) is 1. The molecular formula is C16H18BrN. The van der Waals surface area contributed by atoms with E-state index >= 15 is 0 Å². The molecule has 18 heavy (non-hydrogen) atoms. The highest BCUT2D eigenvalue weighted by Gasteiger charge is 2.35. The average molecular weight is 304 g/mol. The molecule has 2 heteroatoms. The summed E-state index contributed by atoms with van der Waals surface area (Å²) in [6, 6.07) is 11.0. The molecule has 3 rings (SSSR count). The van der Waals surface area contributed by atoms with Crippen molar-refractivity contribution in [2.24, 2.45) is 0 Å². The van der Waals surface area contributed by atoms with Crippen LogP contribution in [0.5, 0.6) is 0 Å². The van der Waals surface area contributed by atoms with E-state index in [0.29, 0.717) is 10.2 Å². The maximum atomic E-state index is 4.57. The Kier molecular flexibility index (Phi) is 2.93. The molecule has 0 bridgehead atoms. The van der Waals surface area contributed by atoms with Crippen LogP contribution in [0.1, 0.15) is 37.4 Å². The molecule has 2 unspecified atom stereocenters. The Hall–Kier alpha value is -0.890. The molecular weight excluding hydrogens is 286 g/mol. The summed E-state index contributed by atoms with van der Waals surface area (Å²) in [5.74, 6) is 0. The second kappa shape index (κ2) is 4.34. The molecule has 0 N–H and O–H groups in total. The molecule has 0 amide bonds. The summed E-state index contributed by atoms with van der Waals surface area (Å²) in [4.78, 5) is 5.25. The lowest BCUT2D eigenvalue weighted by Gasteiger charge is -2.24. The maximum Gasteiger partial charge on any atom is 0.0705 e. The zero-order valence-corrected chi connectivity index (χ0v) is 12.5. The van der Waals surface area contributed by atoms with Crippen LogP contribution in [-0.4, -0.2) is 9.81 Å². The summed E-state index contributed by atoms with van der Waals surface area (Å²) < 4.78 is 0. The summed E-state index contributed by atoms with van der Waals surface area (Å²) in [6.07, 6.45) is 3.78. The number of rotatable bonds is 1. The predicted octanol–water partition coefficient (Wildman–Crippen LogP) is 4.75. The first-order chi connectivity index (χ1) is 8.57. The number of aromatic nitrogens is 1. The summed E-state index contributed by atoms with van der Waals surface area (Å²) >= 11 is 3.76. The number of aryl methyl sites for hydroxylation is 1. The molecule has 1 aromatic carbocycles. The van der Waals surface area contributed by atoms with Gasteiger partial charge >= 0.3 is 0 Å². The van der Waals surface area contributed by atoms with Gasteiger partial charge in [-0.05, 0) is 55.4 Å². The Morgan fingerprint density at radius 1 is 1.28 bits per heavy atom. The lowest BCUT2D eigenvalue weighted by Crippen LogP contribution is -2.17. The van der Waals surface area contributed by atoms with Gasteiger partial charge in [0, 0.05) is 15.9 Å². The summed E-state index contributed by atoms with van der Waals surface area (Å²) in [6.45, 7) is 4.43. The lowest BCUT2D eigenvalue weighted by molar-refractivity contribution is 0.494. The SMILES string of the molecule is Cc1ccc2cc(C3(C)CCC(Br)C3)ccc2n1. The van der Waals surface area contributed by atoms with Crippen molar-refractivity contribution in [1.29, 1.82) is 0 Å². The first-order valence-electron chi connectivity index (χ1n) is 6.59. The Morgan fingerprint density at radius 2 is 2.11 bits per heavy atom. The summed E-state index contributed by atoms with van der Waals surface area (Å²) in [5.41, 5.74) is 3.98. The standard InChI is InChI=1S/C16H18BrN/c1-11-3-4-12-9-13(5-6-15(12)18-11)16(2)8-7-14(17)10-16/h3-6,9,14H,7-8,10H2,1-2H3. The second-order valence-electron chi connectivity index (χ2n) is 5.76. The number of hydrogen-bond acceptors (Lipinski definition) is 1. The van der Waals surface area contributed by atoms with E-state index in [9.17, 15) is 0 Å². The normalized spacial score (nSPS) is 27.8. The van der Waals surface area contributed by atoms with Gasteiger partial charge in [0.15, 0.2) is 0 Å². The van der Waals surface area contributed by atoms with Gasteiger partial charge in [-0.2, -0.15) is 0 Å². The van der Waals surface area contributed by atoms with Crippen LogP contribution in [0.4, 0.5) is 0 Å². The van der Waals surface area contributed by atoms with E-state index < -0.39 is 0 Å². The fraction of sp³-hybridized carbons (Fsp3) is 0.438. The number of fused-ring (bicyclic) bond motifs is 1. The van der Waals surface area contributed by atoms with Crippen molar-refractivity contribution in [2.45, 2.75) is 43.4 Å². The summed E-state index contributed by atoms with van der Waals surface area (Å²) in [5, 5.41) is 1.26. The molecule has 0 radical (unpaired) electrons. The van der Waals surface area contributed by atoms with Crippen LogP contribution in [0.15, 0.2) is 30.3 Å². The third kappa shape index (κ3) is 2.07. The van der Waals surface area contributed by atoms with Crippen molar-refractivity contribution in [3.05, 3.63) is 41.6 Å². The Balaban J connectivity index is 2.06. The minimum Gasteiger partial charge on any atom is -0.253 e. The number of pyridine rings is 1. The van der Waals surface area contributed by atoms with Crippen molar-refractivity contribution >= 4 is 26.8 Å². The van der Waals surface area contributed by atoms with Gasteiger partial charge in [-0.15, -0.1) is 0 Å². The highest BCUT2D eigenvalue weighted by atomic mass is 79.9. The molecule has 1 nitrogen and oxygen atoms in total. The molecule has 1 fully saturated rings. The number of halogens is 1. The van der Waals surface area contributed by atoms with Gasteiger partial charge in [0.2, 0.25) is 0 Å². The van der Waals surface area contributed by atoms with Crippen molar-refractivity contribution < 1.29 is 0 Å². The molecule has 2 atom stereocenters. The van der Waals surface area contributed by atoms with E-state index in [-0.39, 0.29) is 0 Å². The van der Waals surface area contributed by atoms with Gasteiger partial charge in [-0.25, -0.2) is 0 Å². The van der Waals surface area contributed by atoms with Gasteiger partial charge < -0.3 is 0 Å². The van der Waals surface area contributed by atoms with Crippen LogP contribution in [0.25, 0.3) is 10.9 Å². The van der Waals surface area contributed by atoms with Crippen LogP contribution in [0.2, 0.25) is 0 Å². The molecule has 1 heterocycles. The van der Waals surface area contributed by atoms with Gasteiger partial charge in [0.25, 0.3) is 0 Å². The third-order valence-corrected chi connectivity index (χ3v) is 4.99. The minimum absolute atomic E-state index is 0.327. The molecule has 0 spiro atoms. The molecule has 94 valence electrons. The lowest BCUT2D eigenvalue weighted by atomic mass is 9.80. The third-order valence-electron chi connectivity index (χ3n) is 4.21. The Bertz CT molecular complexity index is 593. The Labute approximate surface area is 117 Å². The van der Waals surface area contributed by atoms with E-state index in [1.807, 2.05) is 6.92 Å². The molecule has 1 aliphatic carbocycles. The first kappa shape index (κ1) is 12.2.